The Balaban J connectivity index is 1.55. The van der Waals surface area contributed by atoms with Crippen molar-refractivity contribution in [3.8, 4) is 11.5 Å². The molecule has 1 aliphatic heterocycles. The zero-order valence-electron chi connectivity index (χ0n) is 19.9. The largest absolute Gasteiger partial charge is 0.497 e. The number of hydrogen-bond acceptors (Lipinski definition) is 4. The summed E-state index contributed by atoms with van der Waals surface area (Å²) in [5, 5.41) is 4.08. The zero-order chi connectivity index (χ0) is 24.5. The standard InChI is InChI=1S/C28H27N3O4/c1-31-26(22-16-29-23-11-7-6-8-19(22)23)25(20-9-4-5-10-21(20)28(31)33)27(32)30-15-17-14-18(34-2)12-13-24(17)35-3/h4-14,16,25-26,29H,15H2,1-3H3,(H,30,32). The number of nitrogens with zero attached hydrogens (tertiary/aromatic N) is 1. The van der Waals surface area contributed by atoms with Crippen molar-refractivity contribution in [2.24, 2.45) is 0 Å². The number of benzene rings is 3. The first-order valence-electron chi connectivity index (χ1n) is 11.4. The van der Waals surface area contributed by atoms with Gasteiger partial charge in [0.15, 0.2) is 0 Å². The van der Waals surface area contributed by atoms with Gasteiger partial charge in [-0.25, -0.2) is 0 Å². The van der Waals surface area contributed by atoms with Gasteiger partial charge in [-0.05, 0) is 35.9 Å². The van der Waals surface area contributed by atoms with Crippen molar-refractivity contribution in [3.05, 3.63) is 95.2 Å². The number of H-pyrrole nitrogens is 1. The quantitative estimate of drug-likeness (QED) is 0.438. The molecule has 2 heterocycles. The van der Waals surface area contributed by atoms with Crippen LogP contribution in [0.15, 0.2) is 72.9 Å². The average molecular weight is 470 g/mol. The minimum absolute atomic E-state index is 0.102. The third-order valence-electron chi connectivity index (χ3n) is 6.74. The molecule has 3 aromatic carbocycles. The molecule has 0 spiro atoms. The normalized spacial score (nSPS) is 17.2. The van der Waals surface area contributed by atoms with E-state index in [4.69, 9.17) is 9.47 Å². The van der Waals surface area contributed by atoms with Crippen LogP contribution < -0.4 is 14.8 Å². The maximum absolute atomic E-state index is 13.9. The third-order valence-corrected chi connectivity index (χ3v) is 6.74. The first-order valence-corrected chi connectivity index (χ1v) is 11.4. The highest BCUT2D eigenvalue weighted by atomic mass is 16.5. The zero-order valence-corrected chi connectivity index (χ0v) is 19.9. The van der Waals surface area contributed by atoms with Gasteiger partial charge in [0.25, 0.3) is 5.91 Å². The highest BCUT2D eigenvalue weighted by molar-refractivity contribution is 6.02. The number of hydrogen-bond donors (Lipinski definition) is 2. The van der Waals surface area contributed by atoms with Crippen LogP contribution in [0.4, 0.5) is 0 Å². The van der Waals surface area contributed by atoms with Gasteiger partial charge in [-0.2, -0.15) is 0 Å². The molecule has 1 aromatic heterocycles. The fourth-order valence-electron chi connectivity index (χ4n) is 5.00. The molecule has 2 unspecified atom stereocenters. The fraction of sp³-hybridized carbons (Fsp3) is 0.214. The molecule has 35 heavy (non-hydrogen) atoms. The van der Waals surface area contributed by atoms with E-state index in [9.17, 15) is 9.59 Å². The smallest absolute Gasteiger partial charge is 0.254 e. The molecule has 2 atom stereocenters. The van der Waals surface area contributed by atoms with Gasteiger partial charge >= 0.3 is 0 Å². The topological polar surface area (TPSA) is 83.7 Å². The Kier molecular flexibility index (Phi) is 5.91. The predicted molar refractivity (Wildman–Crippen MR) is 134 cm³/mol. The van der Waals surface area contributed by atoms with E-state index >= 15 is 0 Å². The van der Waals surface area contributed by atoms with E-state index in [0.29, 0.717) is 17.1 Å². The summed E-state index contributed by atoms with van der Waals surface area (Å²) in [5.41, 5.74) is 3.94. The number of carbonyl (C=O) groups is 2. The van der Waals surface area contributed by atoms with Crippen LogP contribution in [0, 0.1) is 0 Å². The number of ether oxygens (including phenoxy) is 2. The molecule has 0 saturated carbocycles. The Bertz CT molecular complexity index is 1410. The summed E-state index contributed by atoms with van der Waals surface area (Å²) >= 11 is 0. The summed E-state index contributed by atoms with van der Waals surface area (Å²) in [5.74, 6) is 0.478. The number of methoxy groups -OCH3 is 2. The number of nitrogens with one attached hydrogen (secondary N) is 2. The molecule has 7 heteroatoms. The molecule has 0 bridgehead atoms. The molecule has 0 aliphatic carbocycles. The van der Waals surface area contributed by atoms with E-state index in [1.165, 1.54) is 0 Å². The molecule has 5 rings (SSSR count). The van der Waals surface area contributed by atoms with Gasteiger partial charge < -0.3 is 24.7 Å². The Morgan fingerprint density at radius 2 is 1.77 bits per heavy atom. The lowest BCUT2D eigenvalue weighted by molar-refractivity contribution is -0.124. The van der Waals surface area contributed by atoms with Gasteiger partial charge in [0.2, 0.25) is 5.91 Å². The molecule has 7 nitrogen and oxygen atoms in total. The van der Waals surface area contributed by atoms with Crippen LogP contribution in [0.25, 0.3) is 10.9 Å². The number of aromatic amines is 1. The van der Waals surface area contributed by atoms with Crippen LogP contribution >= 0.6 is 0 Å². The van der Waals surface area contributed by atoms with Gasteiger partial charge in [-0.3, -0.25) is 9.59 Å². The van der Waals surface area contributed by atoms with Gasteiger partial charge in [0.1, 0.15) is 11.5 Å². The second-order valence-electron chi connectivity index (χ2n) is 8.61. The molecular weight excluding hydrogens is 442 g/mol. The number of aromatic nitrogens is 1. The molecule has 0 saturated heterocycles. The van der Waals surface area contributed by atoms with Gasteiger partial charge in [-0.1, -0.05) is 36.4 Å². The van der Waals surface area contributed by atoms with Crippen molar-refractivity contribution in [3.63, 3.8) is 0 Å². The maximum atomic E-state index is 13.9. The van der Waals surface area contributed by atoms with Crippen molar-refractivity contribution in [2.75, 3.05) is 21.3 Å². The number of carbonyl (C=O) groups excluding carboxylic acids is 2. The predicted octanol–water partition coefficient (Wildman–Crippen LogP) is 4.41. The summed E-state index contributed by atoms with van der Waals surface area (Å²) in [6, 6.07) is 20.3. The summed E-state index contributed by atoms with van der Waals surface area (Å²) < 4.78 is 10.8. The maximum Gasteiger partial charge on any atom is 0.254 e. The van der Waals surface area contributed by atoms with Crippen molar-refractivity contribution in [1.29, 1.82) is 0 Å². The summed E-state index contributed by atoms with van der Waals surface area (Å²) in [7, 11) is 4.95. The number of likely N-dealkylation sites (N-methyl/N-ethyl adjacent to an activating group) is 1. The lowest BCUT2D eigenvalue weighted by Crippen LogP contribution is -2.45. The van der Waals surface area contributed by atoms with Crippen LogP contribution in [-0.4, -0.2) is 43.0 Å². The van der Waals surface area contributed by atoms with Crippen molar-refractivity contribution in [2.45, 2.75) is 18.5 Å². The average Bonchev–Trinajstić information content (AvgIpc) is 3.32. The first kappa shape index (κ1) is 22.5. The van der Waals surface area contributed by atoms with Crippen LogP contribution in [0.5, 0.6) is 11.5 Å². The second-order valence-corrected chi connectivity index (χ2v) is 8.61. The second kappa shape index (κ2) is 9.18. The summed E-state index contributed by atoms with van der Waals surface area (Å²) in [4.78, 5) is 32.1. The first-order chi connectivity index (χ1) is 17.0. The number of rotatable bonds is 6. The van der Waals surface area contributed by atoms with Crippen molar-refractivity contribution < 1.29 is 19.1 Å². The lowest BCUT2D eigenvalue weighted by atomic mass is 9.79. The highest BCUT2D eigenvalue weighted by Gasteiger charge is 2.43. The van der Waals surface area contributed by atoms with E-state index in [2.05, 4.69) is 10.3 Å². The molecule has 0 radical (unpaired) electrons. The third kappa shape index (κ3) is 3.89. The number of amides is 2. The number of fused-ring (bicyclic) bond motifs is 2. The van der Waals surface area contributed by atoms with Gasteiger partial charge in [-0.15, -0.1) is 0 Å². The van der Waals surface area contributed by atoms with Gasteiger partial charge in [0.05, 0.1) is 26.2 Å². The molecule has 4 aromatic rings. The van der Waals surface area contributed by atoms with Crippen molar-refractivity contribution in [1.82, 2.24) is 15.2 Å². The van der Waals surface area contributed by atoms with Crippen LogP contribution in [0.1, 0.15) is 39.0 Å². The summed E-state index contributed by atoms with van der Waals surface area (Å²) in [6.45, 7) is 0.260. The molecule has 2 amide bonds. The van der Waals surface area contributed by atoms with Gasteiger partial charge in [0, 0.05) is 47.4 Å². The molecular formula is C28H27N3O4. The summed E-state index contributed by atoms with van der Waals surface area (Å²) in [6.07, 6.45) is 1.90. The molecule has 1 aliphatic rings. The van der Waals surface area contributed by atoms with E-state index < -0.39 is 12.0 Å². The van der Waals surface area contributed by atoms with Crippen molar-refractivity contribution >= 4 is 22.7 Å². The van der Waals surface area contributed by atoms with E-state index in [0.717, 1.165) is 27.6 Å². The minimum Gasteiger partial charge on any atom is -0.497 e. The Morgan fingerprint density at radius 3 is 2.57 bits per heavy atom. The Labute approximate surface area is 203 Å². The monoisotopic (exact) mass is 469 g/mol. The molecule has 0 fully saturated rings. The van der Waals surface area contributed by atoms with E-state index in [-0.39, 0.29) is 18.4 Å². The highest BCUT2D eigenvalue weighted by Crippen LogP contribution is 2.44. The van der Waals surface area contributed by atoms with Crippen LogP contribution in [0.2, 0.25) is 0 Å². The SMILES string of the molecule is COc1ccc(OC)c(CNC(=O)C2c3ccccc3C(=O)N(C)C2c2c[nH]c3ccccc23)c1. The minimum atomic E-state index is -0.593. The van der Waals surface area contributed by atoms with Crippen LogP contribution in [0.3, 0.4) is 0 Å². The fourth-order valence-corrected chi connectivity index (χ4v) is 5.00. The number of para-hydroxylation sites is 1. The molecule has 178 valence electrons. The Morgan fingerprint density at radius 1 is 1.00 bits per heavy atom. The lowest BCUT2D eigenvalue weighted by Gasteiger charge is -2.39. The van der Waals surface area contributed by atoms with E-state index in [1.54, 1.807) is 32.2 Å². The van der Waals surface area contributed by atoms with E-state index in [1.807, 2.05) is 66.9 Å². The Hall–Kier alpha value is -4.26. The van der Waals surface area contributed by atoms with Crippen LogP contribution in [-0.2, 0) is 11.3 Å². The molecule has 2 N–H and O–H groups in total.